The Hall–Kier alpha value is -1.35. The molecule has 1 aromatic rings. The molecule has 1 heterocycles. The van der Waals surface area contributed by atoms with Gasteiger partial charge in [-0.05, 0) is 24.5 Å². The van der Waals surface area contributed by atoms with Gasteiger partial charge in [-0.3, -0.25) is 4.79 Å². The van der Waals surface area contributed by atoms with Crippen LogP contribution in [0.1, 0.15) is 37.4 Å². The van der Waals surface area contributed by atoms with Crippen LogP contribution in [0, 0.1) is 5.92 Å². The van der Waals surface area contributed by atoms with E-state index in [9.17, 15) is 4.79 Å². The summed E-state index contributed by atoms with van der Waals surface area (Å²) in [6.45, 7) is 5.62. The highest BCUT2D eigenvalue weighted by molar-refractivity contribution is 5.76. The third-order valence-electron chi connectivity index (χ3n) is 3.45. The minimum Gasteiger partial charge on any atom is -0.381 e. The molecular weight excluding hydrogens is 226 g/mol. The zero-order chi connectivity index (χ0) is 13.0. The molecule has 1 N–H and O–H groups in total. The quantitative estimate of drug-likeness (QED) is 0.868. The summed E-state index contributed by atoms with van der Waals surface area (Å²) < 4.78 is 5.07. The second kappa shape index (κ2) is 6.01. The van der Waals surface area contributed by atoms with Crippen LogP contribution in [0.3, 0.4) is 0 Å². The van der Waals surface area contributed by atoms with Crippen molar-refractivity contribution in [2.45, 2.75) is 32.7 Å². The number of carbonyl (C=O) groups excluding carboxylic acids is 1. The average molecular weight is 247 g/mol. The van der Waals surface area contributed by atoms with Gasteiger partial charge >= 0.3 is 0 Å². The Kier molecular flexibility index (Phi) is 4.37. The van der Waals surface area contributed by atoms with E-state index in [-0.39, 0.29) is 11.9 Å². The molecule has 1 aliphatic rings. The van der Waals surface area contributed by atoms with Gasteiger partial charge in [0.05, 0.1) is 19.3 Å². The van der Waals surface area contributed by atoms with E-state index in [0.717, 1.165) is 25.2 Å². The number of amides is 1. The van der Waals surface area contributed by atoms with Crippen molar-refractivity contribution in [2.75, 3.05) is 13.2 Å². The summed E-state index contributed by atoms with van der Waals surface area (Å²) in [5.74, 6) is 0.537. The van der Waals surface area contributed by atoms with Crippen LogP contribution in [0.15, 0.2) is 24.3 Å². The second-order valence-electron chi connectivity index (χ2n) is 4.99. The molecule has 0 spiro atoms. The maximum Gasteiger partial charge on any atom is 0.220 e. The molecule has 98 valence electrons. The van der Waals surface area contributed by atoms with Crippen molar-refractivity contribution in [1.29, 1.82) is 0 Å². The summed E-state index contributed by atoms with van der Waals surface area (Å²) in [6.07, 6.45) is 1.63. The summed E-state index contributed by atoms with van der Waals surface area (Å²) in [5, 5.41) is 3.04. The number of hydrogen-bond donors (Lipinski definition) is 1. The molecular formula is C15H21NO2. The Morgan fingerprint density at radius 3 is 2.56 bits per heavy atom. The lowest BCUT2D eigenvalue weighted by Gasteiger charge is -2.26. The molecule has 1 fully saturated rings. The van der Waals surface area contributed by atoms with Gasteiger partial charge in [-0.2, -0.15) is 0 Å². The van der Waals surface area contributed by atoms with Gasteiger partial charge in [-0.25, -0.2) is 0 Å². The molecule has 0 saturated carbocycles. The van der Waals surface area contributed by atoms with Crippen molar-refractivity contribution in [3.63, 3.8) is 0 Å². The molecule has 1 aromatic carbocycles. The van der Waals surface area contributed by atoms with Crippen molar-refractivity contribution in [3.8, 4) is 0 Å². The predicted octanol–water partition coefficient (Wildman–Crippen LogP) is 2.46. The van der Waals surface area contributed by atoms with Gasteiger partial charge in [0.2, 0.25) is 5.91 Å². The second-order valence-corrected chi connectivity index (χ2v) is 4.99. The molecule has 1 amide bonds. The van der Waals surface area contributed by atoms with Crippen LogP contribution in [0.4, 0.5) is 0 Å². The zero-order valence-electron chi connectivity index (χ0n) is 11.1. The van der Waals surface area contributed by atoms with Crippen LogP contribution < -0.4 is 5.32 Å². The molecule has 1 saturated heterocycles. The number of carbonyl (C=O) groups is 1. The molecule has 0 aliphatic carbocycles. The fourth-order valence-corrected chi connectivity index (χ4v) is 2.09. The molecule has 1 aliphatic heterocycles. The lowest BCUT2D eigenvalue weighted by atomic mass is 10.0. The molecule has 1 unspecified atom stereocenters. The standard InChI is InChI=1S/C15H21NO2/c1-3-12-4-6-14(7-5-12)11(2)16-15(17)8-13-9-18-10-13/h4-7,11,13H,3,8-10H2,1-2H3,(H,16,17). The first-order chi connectivity index (χ1) is 8.69. The lowest BCUT2D eigenvalue weighted by molar-refractivity contribution is -0.127. The number of aryl methyl sites for hydroxylation is 1. The van der Waals surface area contributed by atoms with E-state index in [2.05, 4.69) is 36.5 Å². The van der Waals surface area contributed by atoms with Crippen LogP contribution in [0.25, 0.3) is 0 Å². The molecule has 0 bridgehead atoms. The SMILES string of the molecule is CCc1ccc(C(C)NC(=O)CC2COC2)cc1. The van der Waals surface area contributed by atoms with Gasteiger partial charge < -0.3 is 10.1 Å². The average Bonchev–Trinajstić information content (AvgIpc) is 2.34. The van der Waals surface area contributed by atoms with Crippen molar-refractivity contribution in [1.82, 2.24) is 5.32 Å². The van der Waals surface area contributed by atoms with Crippen molar-refractivity contribution < 1.29 is 9.53 Å². The number of rotatable bonds is 5. The normalized spacial score (nSPS) is 17.0. The maximum absolute atomic E-state index is 11.8. The van der Waals surface area contributed by atoms with Gasteiger partial charge in [-0.1, -0.05) is 31.2 Å². The first-order valence-corrected chi connectivity index (χ1v) is 6.65. The fourth-order valence-electron chi connectivity index (χ4n) is 2.09. The molecule has 3 nitrogen and oxygen atoms in total. The smallest absolute Gasteiger partial charge is 0.220 e. The molecule has 1 atom stereocenters. The maximum atomic E-state index is 11.8. The number of ether oxygens (including phenoxy) is 1. The van der Waals surface area contributed by atoms with Gasteiger partial charge in [0, 0.05) is 12.3 Å². The van der Waals surface area contributed by atoms with Crippen molar-refractivity contribution in [3.05, 3.63) is 35.4 Å². The van der Waals surface area contributed by atoms with Crippen LogP contribution in [0.2, 0.25) is 0 Å². The van der Waals surface area contributed by atoms with E-state index in [0.29, 0.717) is 12.3 Å². The lowest BCUT2D eigenvalue weighted by Crippen LogP contribution is -2.35. The number of nitrogens with one attached hydrogen (secondary N) is 1. The van der Waals surface area contributed by atoms with E-state index in [1.165, 1.54) is 5.56 Å². The first kappa shape index (κ1) is 13.1. The van der Waals surface area contributed by atoms with Crippen LogP contribution >= 0.6 is 0 Å². The minimum absolute atomic E-state index is 0.0735. The van der Waals surface area contributed by atoms with E-state index < -0.39 is 0 Å². The van der Waals surface area contributed by atoms with Crippen LogP contribution in [-0.4, -0.2) is 19.1 Å². The predicted molar refractivity (Wildman–Crippen MR) is 71.3 cm³/mol. The largest absolute Gasteiger partial charge is 0.381 e. The minimum atomic E-state index is 0.0735. The fraction of sp³-hybridized carbons (Fsp3) is 0.533. The topological polar surface area (TPSA) is 38.3 Å². The molecule has 18 heavy (non-hydrogen) atoms. The van der Waals surface area contributed by atoms with Crippen LogP contribution in [-0.2, 0) is 16.0 Å². The highest BCUT2D eigenvalue weighted by Gasteiger charge is 2.22. The molecule has 0 radical (unpaired) electrons. The van der Waals surface area contributed by atoms with E-state index >= 15 is 0 Å². The first-order valence-electron chi connectivity index (χ1n) is 6.65. The van der Waals surface area contributed by atoms with E-state index in [4.69, 9.17) is 4.74 Å². The number of benzene rings is 1. The summed E-state index contributed by atoms with van der Waals surface area (Å²) in [7, 11) is 0. The third kappa shape index (κ3) is 3.33. The van der Waals surface area contributed by atoms with E-state index in [1.807, 2.05) is 6.92 Å². The van der Waals surface area contributed by atoms with Crippen LogP contribution in [0.5, 0.6) is 0 Å². The van der Waals surface area contributed by atoms with Crippen molar-refractivity contribution in [2.24, 2.45) is 5.92 Å². The summed E-state index contributed by atoms with van der Waals surface area (Å²) in [5.41, 5.74) is 2.48. The highest BCUT2D eigenvalue weighted by atomic mass is 16.5. The third-order valence-corrected chi connectivity index (χ3v) is 3.45. The summed E-state index contributed by atoms with van der Waals surface area (Å²) in [6, 6.07) is 8.51. The highest BCUT2D eigenvalue weighted by Crippen LogP contribution is 2.17. The van der Waals surface area contributed by atoms with Gasteiger partial charge in [0.15, 0.2) is 0 Å². The molecule has 2 rings (SSSR count). The molecule has 0 aromatic heterocycles. The Balaban J connectivity index is 1.85. The Morgan fingerprint density at radius 1 is 1.39 bits per heavy atom. The Morgan fingerprint density at radius 2 is 2.06 bits per heavy atom. The van der Waals surface area contributed by atoms with Gasteiger partial charge in [0.25, 0.3) is 0 Å². The summed E-state index contributed by atoms with van der Waals surface area (Å²) >= 11 is 0. The monoisotopic (exact) mass is 247 g/mol. The number of hydrogen-bond acceptors (Lipinski definition) is 2. The zero-order valence-corrected chi connectivity index (χ0v) is 11.1. The Bertz CT molecular complexity index is 395. The van der Waals surface area contributed by atoms with Gasteiger partial charge in [-0.15, -0.1) is 0 Å². The summed E-state index contributed by atoms with van der Waals surface area (Å²) in [4.78, 5) is 11.8. The van der Waals surface area contributed by atoms with Gasteiger partial charge in [0.1, 0.15) is 0 Å². The Labute approximate surface area is 109 Å². The molecule has 3 heteroatoms. The van der Waals surface area contributed by atoms with E-state index in [1.54, 1.807) is 0 Å². The van der Waals surface area contributed by atoms with Crippen molar-refractivity contribution >= 4 is 5.91 Å².